The highest BCUT2D eigenvalue weighted by atomic mass is 79.9. The maximum Gasteiger partial charge on any atom is 0.142 e. The highest BCUT2D eigenvalue weighted by molar-refractivity contribution is 9.10. The van der Waals surface area contributed by atoms with Gasteiger partial charge in [0.2, 0.25) is 0 Å². The van der Waals surface area contributed by atoms with Crippen LogP contribution in [0, 0.1) is 6.92 Å². The lowest BCUT2D eigenvalue weighted by atomic mass is 10.3. The number of hydrogen-bond acceptors (Lipinski definition) is 4. The molecule has 0 aliphatic carbocycles. The summed E-state index contributed by atoms with van der Waals surface area (Å²) in [6, 6.07) is 1.94. The van der Waals surface area contributed by atoms with Gasteiger partial charge in [-0.05, 0) is 34.5 Å². The first-order valence-corrected chi connectivity index (χ1v) is 5.64. The topological polar surface area (TPSA) is 74.7 Å². The molecule has 0 aliphatic heterocycles. The summed E-state index contributed by atoms with van der Waals surface area (Å²) in [5.74, 6) is 1.07. The van der Waals surface area contributed by atoms with Crippen LogP contribution in [0.2, 0.25) is 0 Å². The molecule has 0 aliphatic rings. The molecule has 0 bridgehead atoms. The van der Waals surface area contributed by atoms with Crippen LogP contribution in [0.1, 0.15) is 12.0 Å². The van der Waals surface area contributed by atoms with Crippen LogP contribution >= 0.6 is 15.9 Å². The zero-order chi connectivity index (χ0) is 12.1. The van der Waals surface area contributed by atoms with Crippen LogP contribution in [0.3, 0.4) is 0 Å². The van der Waals surface area contributed by atoms with E-state index in [1.54, 1.807) is 6.20 Å². The number of nitrogens with two attached hydrogens (primary N) is 1. The van der Waals surface area contributed by atoms with Crippen molar-refractivity contribution in [1.82, 2.24) is 4.98 Å². The van der Waals surface area contributed by atoms with Crippen LogP contribution in [0.5, 0.6) is 0 Å². The van der Waals surface area contributed by atoms with Crippen molar-refractivity contribution in [3.63, 3.8) is 0 Å². The quantitative estimate of drug-likeness (QED) is 0.383. The van der Waals surface area contributed by atoms with Gasteiger partial charge in [-0.25, -0.2) is 4.98 Å². The average molecular weight is 287 g/mol. The summed E-state index contributed by atoms with van der Waals surface area (Å²) in [7, 11) is 1.91. The van der Waals surface area contributed by atoms with Gasteiger partial charge in [0.1, 0.15) is 11.7 Å². The molecule has 0 fully saturated rings. The monoisotopic (exact) mass is 286 g/mol. The van der Waals surface area contributed by atoms with Gasteiger partial charge in [-0.1, -0.05) is 5.16 Å². The SMILES string of the molecule is Cc1ccnc(N(C)CC/C(N)=N/O)c1Br. The van der Waals surface area contributed by atoms with E-state index < -0.39 is 0 Å². The Labute approximate surface area is 103 Å². The molecule has 0 amide bonds. The smallest absolute Gasteiger partial charge is 0.142 e. The number of rotatable bonds is 4. The van der Waals surface area contributed by atoms with Crippen molar-refractivity contribution in [2.24, 2.45) is 10.9 Å². The van der Waals surface area contributed by atoms with E-state index in [-0.39, 0.29) is 5.84 Å². The summed E-state index contributed by atoms with van der Waals surface area (Å²) in [6.07, 6.45) is 2.25. The molecule has 1 heterocycles. The van der Waals surface area contributed by atoms with Crippen LogP contribution in [0.25, 0.3) is 0 Å². The largest absolute Gasteiger partial charge is 0.409 e. The fourth-order valence-corrected chi connectivity index (χ4v) is 1.77. The highest BCUT2D eigenvalue weighted by Crippen LogP contribution is 2.25. The second-order valence-electron chi connectivity index (χ2n) is 3.53. The molecule has 1 rings (SSSR count). The zero-order valence-corrected chi connectivity index (χ0v) is 10.9. The van der Waals surface area contributed by atoms with E-state index in [1.165, 1.54) is 0 Å². The normalized spacial score (nSPS) is 11.6. The van der Waals surface area contributed by atoms with E-state index in [1.807, 2.05) is 24.9 Å². The number of amidine groups is 1. The Morgan fingerprint density at radius 2 is 2.38 bits per heavy atom. The second-order valence-corrected chi connectivity index (χ2v) is 4.32. The maximum atomic E-state index is 8.44. The molecule has 0 atom stereocenters. The maximum absolute atomic E-state index is 8.44. The Kier molecular flexibility index (Phi) is 4.54. The number of oxime groups is 1. The van der Waals surface area contributed by atoms with E-state index in [0.717, 1.165) is 15.9 Å². The molecule has 0 unspecified atom stereocenters. The van der Waals surface area contributed by atoms with Crippen molar-refractivity contribution in [3.05, 3.63) is 22.3 Å². The van der Waals surface area contributed by atoms with Gasteiger partial charge in [-0.2, -0.15) is 0 Å². The molecule has 6 heteroatoms. The molecule has 1 aromatic heterocycles. The van der Waals surface area contributed by atoms with Crippen LogP contribution < -0.4 is 10.6 Å². The van der Waals surface area contributed by atoms with Crippen molar-refractivity contribution in [1.29, 1.82) is 0 Å². The molecule has 0 radical (unpaired) electrons. The summed E-state index contributed by atoms with van der Waals surface area (Å²) < 4.78 is 0.969. The second kappa shape index (κ2) is 5.69. The van der Waals surface area contributed by atoms with Gasteiger partial charge >= 0.3 is 0 Å². The summed E-state index contributed by atoms with van der Waals surface area (Å²) in [5.41, 5.74) is 6.53. The lowest BCUT2D eigenvalue weighted by molar-refractivity contribution is 0.317. The number of aromatic nitrogens is 1. The van der Waals surface area contributed by atoms with Crippen molar-refractivity contribution in [3.8, 4) is 0 Å². The molecule has 88 valence electrons. The molecular weight excluding hydrogens is 272 g/mol. The molecule has 0 saturated heterocycles. The fraction of sp³-hybridized carbons (Fsp3) is 0.400. The van der Waals surface area contributed by atoms with Crippen molar-refractivity contribution >= 4 is 27.6 Å². The summed E-state index contributed by atoms with van der Waals surface area (Å²) in [5, 5.41) is 11.4. The fourth-order valence-electron chi connectivity index (χ4n) is 1.23. The molecule has 1 aromatic rings. The number of halogens is 1. The van der Waals surface area contributed by atoms with Gasteiger partial charge in [0, 0.05) is 26.2 Å². The third-order valence-electron chi connectivity index (χ3n) is 2.26. The Hall–Kier alpha value is -1.30. The van der Waals surface area contributed by atoms with Crippen molar-refractivity contribution in [2.75, 3.05) is 18.5 Å². The van der Waals surface area contributed by atoms with E-state index in [4.69, 9.17) is 10.9 Å². The minimum Gasteiger partial charge on any atom is -0.409 e. The van der Waals surface area contributed by atoms with Gasteiger partial charge in [0.05, 0.1) is 4.47 Å². The number of aryl methyl sites for hydroxylation is 1. The van der Waals surface area contributed by atoms with Gasteiger partial charge in [0.25, 0.3) is 0 Å². The predicted octanol–water partition coefficient (Wildman–Crippen LogP) is 1.73. The lowest BCUT2D eigenvalue weighted by Crippen LogP contribution is -2.25. The number of hydrogen-bond donors (Lipinski definition) is 2. The van der Waals surface area contributed by atoms with Crippen LogP contribution in [-0.2, 0) is 0 Å². The molecule has 0 saturated carbocycles. The third kappa shape index (κ3) is 3.10. The van der Waals surface area contributed by atoms with E-state index in [2.05, 4.69) is 26.1 Å². The summed E-state index contributed by atoms with van der Waals surface area (Å²) in [6.45, 7) is 2.65. The zero-order valence-electron chi connectivity index (χ0n) is 9.31. The van der Waals surface area contributed by atoms with Crippen LogP contribution in [0.4, 0.5) is 5.82 Å². The van der Waals surface area contributed by atoms with Crippen LogP contribution in [0.15, 0.2) is 21.9 Å². The Morgan fingerprint density at radius 3 is 3.00 bits per heavy atom. The minimum atomic E-state index is 0.218. The standard InChI is InChI=1S/C10H15BrN4O/c1-7-3-5-13-10(9(7)11)15(2)6-4-8(12)14-16/h3,5,16H,4,6H2,1-2H3,(H2,12,14). The van der Waals surface area contributed by atoms with Gasteiger partial charge in [0.15, 0.2) is 0 Å². The molecule has 16 heavy (non-hydrogen) atoms. The number of pyridine rings is 1. The summed E-state index contributed by atoms with van der Waals surface area (Å²) >= 11 is 3.49. The average Bonchev–Trinajstić information content (AvgIpc) is 2.29. The first kappa shape index (κ1) is 12.8. The van der Waals surface area contributed by atoms with Crippen molar-refractivity contribution < 1.29 is 5.21 Å². The molecule has 3 N–H and O–H groups in total. The first-order chi connectivity index (χ1) is 7.56. The predicted molar refractivity (Wildman–Crippen MR) is 68.0 cm³/mol. The number of nitrogens with zero attached hydrogens (tertiary/aromatic N) is 3. The Bertz CT molecular complexity index is 394. The minimum absolute atomic E-state index is 0.218. The van der Waals surface area contributed by atoms with Gasteiger partial charge in [-0.15, -0.1) is 0 Å². The van der Waals surface area contributed by atoms with E-state index in [0.29, 0.717) is 13.0 Å². The van der Waals surface area contributed by atoms with Gasteiger partial charge < -0.3 is 15.8 Å². The molecule has 0 spiro atoms. The lowest BCUT2D eigenvalue weighted by Gasteiger charge is -2.19. The molecule has 5 nitrogen and oxygen atoms in total. The van der Waals surface area contributed by atoms with E-state index in [9.17, 15) is 0 Å². The highest BCUT2D eigenvalue weighted by Gasteiger charge is 2.09. The third-order valence-corrected chi connectivity index (χ3v) is 3.24. The van der Waals surface area contributed by atoms with Crippen LogP contribution in [-0.4, -0.2) is 29.6 Å². The first-order valence-electron chi connectivity index (χ1n) is 4.85. The van der Waals surface area contributed by atoms with Gasteiger partial charge in [-0.3, -0.25) is 0 Å². The number of anilines is 1. The Morgan fingerprint density at radius 1 is 1.69 bits per heavy atom. The molecule has 0 aromatic carbocycles. The van der Waals surface area contributed by atoms with E-state index >= 15 is 0 Å². The Balaban J connectivity index is 2.73. The van der Waals surface area contributed by atoms with Crippen molar-refractivity contribution in [2.45, 2.75) is 13.3 Å². The summed E-state index contributed by atoms with van der Waals surface area (Å²) in [4.78, 5) is 6.23. The molecular formula is C10H15BrN4O.